The molecule has 1 heterocycles. The zero-order valence-corrected chi connectivity index (χ0v) is 15.9. The number of hydrogen-bond acceptors (Lipinski definition) is 4. The number of carbonyl (C=O) groups excluding carboxylic acids is 1. The number of ether oxygens (including phenoxy) is 2. The van der Waals surface area contributed by atoms with Crippen LogP contribution in [0.15, 0.2) is 48.5 Å². The van der Waals surface area contributed by atoms with Crippen molar-refractivity contribution in [3.63, 3.8) is 0 Å². The number of nitrogens with zero attached hydrogens (tertiary/aromatic N) is 1. The van der Waals surface area contributed by atoms with Crippen molar-refractivity contribution in [2.75, 3.05) is 33.4 Å². The molecule has 144 valence electrons. The number of benzene rings is 2. The molecule has 1 aliphatic rings. The van der Waals surface area contributed by atoms with Gasteiger partial charge in [0.25, 0.3) is 0 Å². The Morgan fingerprint density at radius 2 is 1.81 bits per heavy atom. The lowest BCUT2D eigenvalue weighted by Gasteiger charge is -2.26. The molecule has 1 amide bonds. The van der Waals surface area contributed by atoms with Crippen molar-refractivity contribution in [1.82, 2.24) is 10.2 Å². The number of amides is 1. The minimum absolute atomic E-state index is 0.0650. The maximum Gasteiger partial charge on any atom is 0.220 e. The predicted octanol–water partition coefficient (Wildman–Crippen LogP) is 2.78. The van der Waals surface area contributed by atoms with Crippen LogP contribution in [0.2, 0.25) is 0 Å². The zero-order valence-electron chi connectivity index (χ0n) is 15.9. The molecule has 3 rings (SSSR count). The highest BCUT2D eigenvalue weighted by Gasteiger charge is 2.10. The van der Waals surface area contributed by atoms with Crippen LogP contribution >= 0.6 is 0 Å². The van der Waals surface area contributed by atoms with Crippen LogP contribution in [0.5, 0.6) is 5.75 Å². The molecule has 0 aliphatic carbocycles. The fourth-order valence-electron chi connectivity index (χ4n) is 3.15. The highest BCUT2D eigenvalue weighted by atomic mass is 16.5. The van der Waals surface area contributed by atoms with Crippen molar-refractivity contribution in [3.8, 4) is 5.75 Å². The van der Waals surface area contributed by atoms with E-state index in [4.69, 9.17) is 9.47 Å². The highest BCUT2D eigenvalue weighted by molar-refractivity contribution is 5.76. The number of rotatable bonds is 8. The summed E-state index contributed by atoms with van der Waals surface area (Å²) in [6, 6.07) is 16.3. The molecule has 5 nitrogen and oxygen atoms in total. The molecule has 0 radical (unpaired) electrons. The fraction of sp³-hybridized carbons (Fsp3) is 0.409. The van der Waals surface area contributed by atoms with Gasteiger partial charge in [-0.25, -0.2) is 0 Å². The van der Waals surface area contributed by atoms with E-state index >= 15 is 0 Å². The molecule has 0 unspecified atom stereocenters. The Balaban J connectivity index is 1.40. The van der Waals surface area contributed by atoms with Crippen LogP contribution in [0.1, 0.15) is 23.1 Å². The first-order valence-corrected chi connectivity index (χ1v) is 9.50. The summed E-state index contributed by atoms with van der Waals surface area (Å²) in [5.74, 6) is 0.889. The molecule has 0 saturated carbocycles. The van der Waals surface area contributed by atoms with Crippen LogP contribution in [0.3, 0.4) is 0 Å². The number of nitrogens with one attached hydrogen (secondary N) is 1. The lowest BCUT2D eigenvalue weighted by molar-refractivity contribution is -0.121. The summed E-state index contributed by atoms with van der Waals surface area (Å²) in [5, 5.41) is 3.00. The third kappa shape index (κ3) is 6.38. The van der Waals surface area contributed by atoms with Gasteiger partial charge in [-0.3, -0.25) is 9.69 Å². The zero-order chi connectivity index (χ0) is 18.9. The largest absolute Gasteiger partial charge is 0.497 e. The molecule has 0 atom stereocenters. The molecule has 1 fully saturated rings. The summed E-state index contributed by atoms with van der Waals surface area (Å²) in [5.41, 5.74) is 3.53. The Bertz CT molecular complexity index is 725. The highest BCUT2D eigenvalue weighted by Crippen LogP contribution is 2.14. The Hall–Kier alpha value is -2.37. The minimum atomic E-state index is 0.0650. The van der Waals surface area contributed by atoms with Crippen molar-refractivity contribution in [3.05, 3.63) is 65.2 Å². The number of hydrogen-bond donors (Lipinski definition) is 1. The number of morpholine rings is 1. The van der Waals surface area contributed by atoms with Crippen LogP contribution in [-0.4, -0.2) is 44.2 Å². The van der Waals surface area contributed by atoms with Gasteiger partial charge in [0.1, 0.15) is 5.75 Å². The van der Waals surface area contributed by atoms with Crippen molar-refractivity contribution in [2.45, 2.75) is 25.9 Å². The number of carbonyl (C=O) groups is 1. The SMILES string of the molecule is COc1cccc(CCC(=O)NCc2ccc(CN3CCOCC3)cc2)c1. The first-order chi connectivity index (χ1) is 13.2. The third-order valence-electron chi connectivity index (χ3n) is 4.80. The van der Waals surface area contributed by atoms with E-state index in [-0.39, 0.29) is 5.91 Å². The van der Waals surface area contributed by atoms with Gasteiger partial charge in [-0.05, 0) is 35.2 Å². The van der Waals surface area contributed by atoms with Gasteiger partial charge in [-0.15, -0.1) is 0 Å². The number of aryl methyl sites for hydroxylation is 1. The lowest BCUT2D eigenvalue weighted by Crippen LogP contribution is -2.35. The van der Waals surface area contributed by atoms with Crippen molar-refractivity contribution in [2.24, 2.45) is 0 Å². The predicted molar refractivity (Wildman–Crippen MR) is 106 cm³/mol. The summed E-state index contributed by atoms with van der Waals surface area (Å²) < 4.78 is 10.6. The van der Waals surface area contributed by atoms with Crippen LogP contribution in [0, 0.1) is 0 Å². The second-order valence-electron chi connectivity index (χ2n) is 6.83. The smallest absolute Gasteiger partial charge is 0.220 e. The quantitative estimate of drug-likeness (QED) is 0.778. The molecule has 0 spiro atoms. The fourth-order valence-corrected chi connectivity index (χ4v) is 3.15. The first-order valence-electron chi connectivity index (χ1n) is 9.50. The number of methoxy groups -OCH3 is 1. The van der Waals surface area contributed by atoms with Crippen molar-refractivity contribution < 1.29 is 14.3 Å². The first kappa shape index (κ1) is 19.4. The van der Waals surface area contributed by atoms with E-state index in [9.17, 15) is 4.79 Å². The summed E-state index contributed by atoms with van der Waals surface area (Å²) >= 11 is 0. The van der Waals surface area contributed by atoms with Gasteiger partial charge in [0.15, 0.2) is 0 Å². The molecule has 2 aromatic carbocycles. The van der Waals surface area contributed by atoms with Gasteiger partial charge in [0.2, 0.25) is 5.91 Å². The van der Waals surface area contributed by atoms with Gasteiger partial charge in [-0.2, -0.15) is 0 Å². The van der Waals surface area contributed by atoms with Gasteiger partial charge >= 0.3 is 0 Å². The molecule has 5 heteroatoms. The van der Waals surface area contributed by atoms with Crippen LogP contribution in [0.25, 0.3) is 0 Å². The summed E-state index contributed by atoms with van der Waals surface area (Å²) in [6.07, 6.45) is 1.18. The maximum absolute atomic E-state index is 12.1. The maximum atomic E-state index is 12.1. The average Bonchev–Trinajstić information content (AvgIpc) is 2.72. The van der Waals surface area contributed by atoms with E-state index in [0.29, 0.717) is 19.4 Å². The Labute approximate surface area is 161 Å². The molecule has 1 saturated heterocycles. The molecule has 0 aromatic heterocycles. The lowest BCUT2D eigenvalue weighted by atomic mass is 10.1. The van der Waals surface area contributed by atoms with Crippen molar-refractivity contribution in [1.29, 1.82) is 0 Å². The molecular formula is C22H28N2O3. The van der Waals surface area contributed by atoms with E-state index < -0.39 is 0 Å². The monoisotopic (exact) mass is 368 g/mol. The summed E-state index contributed by atoms with van der Waals surface area (Å²) in [7, 11) is 1.65. The summed E-state index contributed by atoms with van der Waals surface area (Å²) in [4.78, 5) is 14.5. The molecule has 0 bridgehead atoms. The topological polar surface area (TPSA) is 50.8 Å². The van der Waals surface area contributed by atoms with E-state index in [1.807, 2.05) is 24.3 Å². The van der Waals surface area contributed by atoms with E-state index in [1.165, 1.54) is 5.56 Å². The average molecular weight is 368 g/mol. The molecule has 27 heavy (non-hydrogen) atoms. The van der Waals surface area contributed by atoms with Gasteiger partial charge < -0.3 is 14.8 Å². The molecule has 2 aromatic rings. The Morgan fingerprint density at radius 1 is 1.07 bits per heavy atom. The molecule has 1 N–H and O–H groups in total. The van der Waals surface area contributed by atoms with Crippen molar-refractivity contribution >= 4 is 5.91 Å². The Morgan fingerprint density at radius 3 is 2.56 bits per heavy atom. The van der Waals surface area contributed by atoms with Crippen LogP contribution in [0.4, 0.5) is 0 Å². The minimum Gasteiger partial charge on any atom is -0.497 e. The van der Waals surface area contributed by atoms with E-state index in [1.54, 1.807) is 7.11 Å². The van der Waals surface area contributed by atoms with E-state index in [2.05, 4.69) is 34.5 Å². The molecular weight excluding hydrogens is 340 g/mol. The van der Waals surface area contributed by atoms with E-state index in [0.717, 1.165) is 49.7 Å². The summed E-state index contributed by atoms with van der Waals surface area (Å²) in [6.45, 7) is 5.14. The third-order valence-corrected chi connectivity index (χ3v) is 4.80. The van der Waals surface area contributed by atoms with Gasteiger partial charge in [0, 0.05) is 32.6 Å². The second-order valence-corrected chi connectivity index (χ2v) is 6.83. The Kier molecular flexibility index (Phi) is 7.25. The normalized spacial score (nSPS) is 14.7. The molecule has 1 aliphatic heterocycles. The second kappa shape index (κ2) is 10.1. The van der Waals surface area contributed by atoms with Crippen LogP contribution < -0.4 is 10.1 Å². The van der Waals surface area contributed by atoms with Crippen LogP contribution in [-0.2, 0) is 29.0 Å². The van der Waals surface area contributed by atoms with Gasteiger partial charge in [0.05, 0.1) is 20.3 Å². The van der Waals surface area contributed by atoms with Gasteiger partial charge in [-0.1, -0.05) is 36.4 Å². The standard InChI is InChI=1S/C22H28N2O3/c1-26-21-4-2-3-18(15-21)9-10-22(25)23-16-19-5-7-20(8-6-19)17-24-11-13-27-14-12-24/h2-8,15H,9-14,16-17H2,1H3,(H,23,25).